The minimum absolute atomic E-state index is 0.122. The molecule has 0 spiro atoms. The Morgan fingerprint density at radius 3 is 2.38 bits per heavy atom. The molecular weight excluding hydrogens is 335 g/mol. The largest absolute Gasteiger partial charge is 0.339 e. The molecule has 0 radical (unpaired) electrons. The van der Waals surface area contributed by atoms with Crippen molar-refractivity contribution in [2.45, 2.75) is 27.2 Å². The first-order chi connectivity index (χ1) is 10.0. The zero-order valence-electron chi connectivity index (χ0n) is 13.0. The first kappa shape index (κ1) is 18.1. The Morgan fingerprint density at radius 2 is 1.81 bits per heavy atom. The molecule has 1 amide bonds. The molecule has 0 aliphatic rings. The maximum Gasteiger partial charge on any atom is 0.255 e. The zero-order valence-corrected chi connectivity index (χ0v) is 14.6. The van der Waals surface area contributed by atoms with Gasteiger partial charge in [0.15, 0.2) is 0 Å². The predicted molar refractivity (Wildman–Crippen MR) is 88.1 cm³/mol. The van der Waals surface area contributed by atoms with Crippen molar-refractivity contribution in [3.8, 4) is 0 Å². The lowest BCUT2D eigenvalue weighted by atomic mass is 10.2. The third-order valence-corrected chi connectivity index (χ3v) is 4.32. The van der Waals surface area contributed by atoms with Gasteiger partial charge in [-0.2, -0.15) is 0 Å². The summed E-state index contributed by atoms with van der Waals surface area (Å²) in [5.41, 5.74) is 0.389. The molecule has 0 fully saturated rings. The van der Waals surface area contributed by atoms with E-state index in [1.807, 2.05) is 6.92 Å². The highest BCUT2D eigenvalue weighted by molar-refractivity contribution is 9.10. The van der Waals surface area contributed by atoms with Crippen molar-refractivity contribution < 1.29 is 9.18 Å². The minimum atomic E-state index is -0.388. The fourth-order valence-electron chi connectivity index (χ4n) is 2.26. The summed E-state index contributed by atoms with van der Waals surface area (Å²) in [5, 5.41) is 0. The Labute approximate surface area is 135 Å². The van der Waals surface area contributed by atoms with Crippen LogP contribution in [-0.4, -0.2) is 48.4 Å². The first-order valence-electron chi connectivity index (χ1n) is 7.50. The smallest absolute Gasteiger partial charge is 0.255 e. The Bertz CT molecular complexity index is 464. The summed E-state index contributed by atoms with van der Waals surface area (Å²) in [6.07, 6.45) is 0.925. The first-order valence-corrected chi connectivity index (χ1v) is 8.29. The highest BCUT2D eigenvalue weighted by Crippen LogP contribution is 2.19. The zero-order chi connectivity index (χ0) is 15.8. The van der Waals surface area contributed by atoms with Crippen molar-refractivity contribution in [2.24, 2.45) is 0 Å². The number of hydrogen-bond donors (Lipinski definition) is 0. The van der Waals surface area contributed by atoms with Gasteiger partial charge in [-0.05, 0) is 67.1 Å². The van der Waals surface area contributed by atoms with Crippen LogP contribution in [0.5, 0.6) is 0 Å². The van der Waals surface area contributed by atoms with Gasteiger partial charge >= 0.3 is 0 Å². The van der Waals surface area contributed by atoms with Crippen LogP contribution in [-0.2, 0) is 0 Å². The van der Waals surface area contributed by atoms with E-state index in [-0.39, 0.29) is 11.7 Å². The molecule has 0 aromatic heterocycles. The van der Waals surface area contributed by atoms with Crippen LogP contribution in [0.25, 0.3) is 0 Å². The Hall–Kier alpha value is -0.940. The van der Waals surface area contributed by atoms with Crippen molar-refractivity contribution in [1.29, 1.82) is 0 Å². The summed E-state index contributed by atoms with van der Waals surface area (Å²) < 4.78 is 14.0. The third-order valence-electron chi connectivity index (χ3n) is 3.62. The average molecular weight is 359 g/mol. The molecule has 21 heavy (non-hydrogen) atoms. The standard InChI is InChI=1S/C16H24BrFN2O/c1-4-19(5-2)10-7-11-20(6-3)16(21)14-12-13(18)8-9-15(14)17/h8-9,12H,4-7,10-11H2,1-3H3. The summed E-state index contributed by atoms with van der Waals surface area (Å²) in [6, 6.07) is 4.21. The van der Waals surface area contributed by atoms with Crippen molar-refractivity contribution in [3.05, 3.63) is 34.1 Å². The number of hydrogen-bond acceptors (Lipinski definition) is 2. The van der Waals surface area contributed by atoms with E-state index < -0.39 is 0 Å². The van der Waals surface area contributed by atoms with Crippen LogP contribution in [0.3, 0.4) is 0 Å². The Morgan fingerprint density at radius 1 is 1.14 bits per heavy atom. The van der Waals surface area contributed by atoms with E-state index >= 15 is 0 Å². The number of carbonyl (C=O) groups is 1. The topological polar surface area (TPSA) is 23.6 Å². The van der Waals surface area contributed by atoms with Gasteiger partial charge < -0.3 is 9.80 Å². The monoisotopic (exact) mass is 358 g/mol. The van der Waals surface area contributed by atoms with Crippen LogP contribution in [0.15, 0.2) is 22.7 Å². The molecule has 0 saturated carbocycles. The summed E-state index contributed by atoms with van der Waals surface area (Å²) in [4.78, 5) is 16.6. The molecule has 0 saturated heterocycles. The molecule has 0 heterocycles. The number of benzene rings is 1. The van der Waals surface area contributed by atoms with Gasteiger partial charge in [0.2, 0.25) is 0 Å². The molecule has 118 valence electrons. The molecule has 0 aliphatic heterocycles. The molecule has 1 aromatic rings. The van der Waals surface area contributed by atoms with E-state index in [4.69, 9.17) is 0 Å². The molecule has 1 rings (SSSR count). The van der Waals surface area contributed by atoms with E-state index in [2.05, 4.69) is 34.7 Å². The summed E-state index contributed by atoms with van der Waals surface area (Å²) in [7, 11) is 0. The Balaban J connectivity index is 2.67. The molecule has 0 atom stereocenters. The lowest BCUT2D eigenvalue weighted by molar-refractivity contribution is 0.0756. The molecule has 3 nitrogen and oxygen atoms in total. The van der Waals surface area contributed by atoms with Crippen LogP contribution in [0, 0.1) is 5.82 Å². The molecule has 0 unspecified atom stereocenters. The summed E-state index contributed by atoms with van der Waals surface area (Å²) in [6.45, 7) is 10.5. The predicted octanol–water partition coefficient (Wildman–Crippen LogP) is 3.78. The number of amides is 1. The molecule has 0 aliphatic carbocycles. The van der Waals surface area contributed by atoms with Gasteiger partial charge in [0, 0.05) is 17.6 Å². The van der Waals surface area contributed by atoms with Crippen LogP contribution in [0.2, 0.25) is 0 Å². The molecule has 1 aromatic carbocycles. The highest BCUT2D eigenvalue weighted by Gasteiger charge is 2.17. The SMILES string of the molecule is CCN(CC)CCCN(CC)C(=O)c1cc(F)ccc1Br. The molecular formula is C16H24BrFN2O. The van der Waals surface area contributed by atoms with Crippen LogP contribution in [0.4, 0.5) is 4.39 Å². The fraction of sp³-hybridized carbons (Fsp3) is 0.562. The van der Waals surface area contributed by atoms with Gasteiger partial charge in [0.1, 0.15) is 5.82 Å². The van der Waals surface area contributed by atoms with Crippen molar-refractivity contribution in [1.82, 2.24) is 9.80 Å². The van der Waals surface area contributed by atoms with Gasteiger partial charge in [-0.25, -0.2) is 4.39 Å². The molecule has 0 bridgehead atoms. The quantitative estimate of drug-likeness (QED) is 0.705. The van der Waals surface area contributed by atoms with Gasteiger partial charge in [0.05, 0.1) is 5.56 Å². The van der Waals surface area contributed by atoms with Crippen LogP contribution >= 0.6 is 15.9 Å². The fourth-order valence-corrected chi connectivity index (χ4v) is 2.68. The minimum Gasteiger partial charge on any atom is -0.339 e. The van der Waals surface area contributed by atoms with Gasteiger partial charge in [-0.15, -0.1) is 0 Å². The van der Waals surface area contributed by atoms with Crippen molar-refractivity contribution >= 4 is 21.8 Å². The van der Waals surface area contributed by atoms with Crippen molar-refractivity contribution in [3.63, 3.8) is 0 Å². The van der Waals surface area contributed by atoms with Gasteiger partial charge in [-0.1, -0.05) is 13.8 Å². The summed E-state index contributed by atoms with van der Waals surface area (Å²) in [5.74, 6) is -0.510. The number of halogens is 2. The number of carbonyl (C=O) groups excluding carboxylic acids is 1. The lowest BCUT2D eigenvalue weighted by Gasteiger charge is -2.24. The van der Waals surface area contributed by atoms with Crippen LogP contribution in [0.1, 0.15) is 37.6 Å². The number of nitrogens with zero attached hydrogens (tertiary/aromatic N) is 2. The normalized spacial score (nSPS) is 11.0. The summed E-state index contributed by atoms with van der Waals surface area (Å²) >= 11 is 3.32. The van der Waals surface area contributed by atoms with Crippen molar-refractivity contribution in [2.75, 3.05) is 32.7 Å². The van der Waals surface area contributed by atoms with E-state index in [9.17, 15) is 9.18 Å². The van der Waals surface area contributed by atoms with E-state index in [1.54, 1.807) is 11.0 Å². The van der Waals surface area contributed by atoms with E-state index in [1.165, 1.54) is 12.1 Å². The van der Waals surface area contributed by atoms with Gasteiger partial charge in [0.25, 0.3) is 5.91 Å². The third kappa shape index (κ3) is 5.40. The van der Waals surface area contributed by atoms with Crippen LogP contribution < -0.4 is 0 Å². The highest BCUT2D eigenvalue weighted by atomic mass is 79.9. The second-order valence-electron chi connectivity index (χ2n) is 4.89. The molecule has 5 heteroatoms. The number of rotatable bonds is 8. The van der Waals surface area contributed by atoms with Gasteiger partial charge in [-0.3, -0.25) is 4.79 Å². The lowest BCUT2D eigenvalue weighted by Crippen LogP contribution is -2.34. The van der Waals surface area contributed by atoms with E-state index in [0.717, 1.165) is 26.1 Å². The second-order valence-corrected chi connectivity index (χ2v) is 5.74. The Kier molecular flexibility index (Phi) is 7.89. The maximum absolute atomic E-state index is 13.3. The van der Waals surface area contributed by atoms with E-state index in [0.29, 0.717) is 23.1 Å². The maximum atomic E-state index is 13.3. The second kappa shape index (κ2) is 9.15. The average Bonchev–Trinajstić information content (AvgIpc) is 2.49. The molecule has 0 N–H and O–H groups in total.